The molecule has 0 aliphatic rings. The lowest BCUT2D eigenvalue weighted by molar-refractivity contribution is -0.120. The Balaban J connectivity index is 2.69. The molecule has 0 heterocycles. The van der Waals surface area contributed by atoms with Crippen molar-refractivity contribution in [3.8, 4) is 0 Å². The van der Waals surface area contributed by atoms with Gasteiger partial charge < -0.3 is 5.32 Å². The summed E-state index contributed by atoms with van der Waals surface area (Å²) in [6.45, 7) is 1.81. The molecule has 1 rings (SSSR count). The SMILES string of the molecule is CCC(Nc1ccccc1)C(=O)NS(C)(=O)=O. The van der Waals surface area contributed by atoms with Crippen LogP contribution in [0, 0.1) is 0 Å². The van der Waals surface area contributed by atoms with Gasteiger partial charge in [0.05, 0.1) is 6.26 Å². The van der Waals surface area contributed by atoms with Crippen molar-refractivity contribution in [2.45, 2.75) is 19.4 Å². The van der Waals surface area contributed by atoms with Crippen LogP contribution in [-0.4, -0.2) is 26.6 Å². The molecule has 0 radical (unpaired) electrons. The van der Waals surface area contributed by atoms with E-state index >= 15 is 0 Å². The predicted molar refractivity (Wildman–Crippen MR) is 67.1 cm³/mol. The van der Waals surface area contributed by atoms with Crippen molar-refractivity contribution in [3.05, 3.63) is 30.3 Å². The molecule has 1 amide bonds. The summed E-state index contributed by atoms with van der Waals surface area (Å²) in [5, 5.41) is 2.97. The van der Waals surface area contributed by atoms with Crippen molar-refractivity contribution >= 4 is 21.6 Å². The lowest BCUT2D eigenvalue weighted by atomic mass is 10.2. The van der Waals surface area contributed by atoms with Gasteiger partial charge in [0.1, 0.15) is 6.04 Å². The summed E-state index contributed by atoms with van der Waals surface area (Å²) >= 11 is 0. The van der Waals surface area contributed by atoms with Gasteiger partial charge in [-0.15, -0.1) is 0 Å². The van der Waals surface area contributed by atoms with Crippen molar-refractivity contribution in [1.82, 2.24) is 4.72 Å². The molecule has 17 heavy (non-hydrogen) atoms. The van der Waals surface area contributed by atoms with Crippen LogP contribution in [0.5, 0.6) is 0 Å². The van der Waals surface area contributed by atoms with Gasteiger partial charge in [-0.2, -0.15) is 0 Å². The fourth-order valence-corrected chi connectivity index (χ4v) is 1.85. The molecule has 0 aliphatic heterocycles. The molecular formula is C11H16N2O3S. The summed E-state index contributed by atoms with van der Waals surface area (Å²) in [6, 6.07) is 8.61. The van der Waals surface area contributed by atoms with E-state index in [1.54, 1.807) is 0 Å². The van der Waals surface area contributed by atoms with E-state index in [-0.39, 0.29) is 0 Å². The quantitative estimate of drug-likeness (QED) is 0.822. The van der Waals surface area contributed by atoms with Gasteiger partial charge in [-0.1, -0.05) is 25.1 Å². The molecule has 0 aromatic heterocycles. The smallest absolute Gasteiger partial charge is 0.255 e. The third-order valence-corrected chi connectivity index (χ3v) is 2.70. The van der Waals surface area contributed by atoms with E-state index in [0.717, 1.165) is 11.9 Å². The molecule has 1 unspecified atom stereocenters. The molecule has 0 bridgehead atoms. The van der Waals surface area contributed by atoms with Crippen LogP contribution in [0.1, 0.15) is 13.3 Å². The maximum absolute atomic E-state index is 11.6. The van der Waals surface area contributed by atoms with Gasteiger partial charge in [0, 0.05) is 5.69 Å². The number of sulfonamides is 1. The minimum Gasteiger partial charge on any atom is -0.374 e. The molecule has 1 aromatic carbocycles. The number of amides is 1. The summed E-state index contributed by atoms with van der Waals surface area (Å²) in [5.74, 6) is -0.543. The average Bonchev–Trinajstić information content (AvgIpc) is 2.24. The standard InChI is InChI=1S/C11H16N2O3S/c1-3-10(11(14)13-17(2,15)16)12-9-7-5-4-6-8-9/h4-8,10,12H,3H2,1-2H3,(H,13,14). The first-order valence-electron chi connectivity index (χ1n) is 5.25. The Morgan fingerprint density at radius 3 is 2.35 bits per heavy atom. The highest BCUT2D eigenvalue weighted by molar-refractivity contribution is 7.89. The van der Waals surface area contributed by atoms with Crippen LogP contribution in [0.4, 0.5) is 5.69 Å². The third-order valence-electron chi connectivity index (χ3n) is 2.13. The number of hydrogen-bond donors (Lipinski definition) is 2. The number of hydrogen-bond acceptors (Lipinski definition) is 4. The lowest BCUT2D eigenvalue weighted by Gasteiger charge is -2.17. The molecule has 94 valence electrons. The molecule has 0 fully saturated rings. The molecule has 0 spiro atoms. The van der Waals surface area contributed by atoms with Crippen molar-refractivity contribution in [2.75, 3.05) is 11.6 Å². The molecule has 1 aromatic rings. The largest absolute Gasteiger partial charge is 0.374 e. The number of carbonyl (C=O) groups is 1. The zero-order valence-corrected chi connectivity index (χ0v) is 10.6. The highest BCUT2D eigenvalue weighted by atomic mass is 32.2. The number of anilines is 1. The normalized spacial score (nSPS) is 12.8. The molecular weight excluding hydrogens is 240 g/mol. The van der Waals surface area contributed by atoms with E-state index in [2.05, 4.69) is 5.32 Å². The van der Waals surface area contributed by atoms with Crippen LogP contribution in [0.15, 0.2) is 30.3 Å². The monoisotopic (exact) mass is 256 g/mol. The molecule has 0 aliphatic carbocycles. The number of benzene rings is 1. The fourth-order valence-electron chi connectivity index (χ4n) is 1.34. The summed E-state index contributed by atoms with van der Waals surface area (Å²) in [4.78, 5) is 11.6. The Bertz CT molecular complexity index is 471. The van der Waals surface area contributed by atoms with Crippen LogP contribution in [0.3, 0.4) is 0 Å². The molecule has 0 saturated carbocycles. The Labute approximate surface area is 101 Å². The minimum absolute atomic E-state index is 0.496. The van der Waals surface area contributed by atoms with Gasteiger partial charge in [0.15, 0.2) is 0 Å². The fraction of sp³-hybridized carbons (Fsp3) is 0.364. The Kier molecular flexibility index (Phi) is 4.51. The van der Waals surface area contributed by atoms with Gasteiger partial charge in [0.25, 0.3) is 5.91 Å². The number of rotatable bonds is 5. The van der Waals surface area contributed by atoms with Crippen molar-refractivity contribution in [3.63, 3.8) is 0 Å². The molecule has 0 saturated heterocycles. The van der Waals surface area contributed by atoms with Gasteiger partial charge in [0.2, 0.25) is 10.0 Å². The lowest BCUT2D eigenvalue weighted by Crippen LogP contribution is -2.41. The minimum atomic E-state index is -3.51. The van der Waals surface area contributed by atoms with E-state index < -0.39 is 22.0 Å². The zero-order chi connectivity index (χ0) is 12.9. The molecule has 5 nitrogen and oxygen atoms in total. The topological polar surface area (TPSA) is 75.3 Å². The van der Waals surface area contributed by atoms with E-state index in [0.29, 0.717) is 6.42 Å². The van der Waals surface area contributed by atoms with Crippen LogP contribution >= 0.6 is 0 Å². The Morgan fingerprint density at radius 2 is 1.88 bits per heavy atom. The maximum atomic E-state index is 11.6. The maximum Gasteiger partial charge on any atom is 0.255 e. The Hall–Kier alpha value is -1.56. The number of carbonyl (C=O) groups excluding carboxylic acids is 1. The van der Waals surface area contributed by atoms with Crippen molar-refractivity contribution in [1.29, 1.82) is 0 Å². The zero-order valence-electron chi connectivity index (χ0n) is 9.80. The first-order valence-corrected chi connectivity index (χ1v) is 7.14. The summed E-state index contributed by atoms with van der Waals surface area (Å²) < 4.78 is 23.9. The first kappa shape index (κ1) is 13.5. The summed E-state index contributed by atoms with van der Waals surface area (Å²) in [5.41, 5.74) is 0.781. The molecule has 1 atom stereocenters. The van der Waals surface area contributed by atoms with Gasteiger partial charge in [-0.3, -0.25) is 9.52 Å². The van der Waals surface area contributed by atoms with Crippen molar-refractivity contribution < 1.29 is 13.2 Å². The third kappa shape index (κ3) is 4.86. The van der Waals surface area contributed by atoms with E-state index in [4.69, 9.17) is 0 Å². The van der Waals surface area contributed by atoms with Crippen LogP contribution in [-0.2, 0) is 14.8 Å². The van der Waals surface area contributed by atoms with Crippen LogP contribution in [0.2, 0.25) is 0 Å². The second-order valence-electron chi connectivity index (χ2n) is 3.71. The molecule has 6 heteroatoms. The van der Waals surface area contributed by atoms with Gasteiger partial charge in [-0.25, -0.2) is 8.42 Å². The van der Waals surface area contributed by atoms with E-state index in [1.807, 2.05) is 42.0 Å². The second kappa shape index (κ2) is 5.67. The van der Waals surface area contributed by atoms with Gasteiger partial charge >= 0.3 is 0 Å². The van der Waals surface area contributed by atoms with E-state index in [1.165, 1.54) is 0 Å². The van der Waals surface area contributed by atoms with Crippen LogP contribution in [0.25, 0.3) is 0 Å². The van der Waals surface area contributed by atoms with Crippen LogP contribution < -0.4 is 10.0 Å². The molecule has 2 N–H and O–H groups in total. The summed E-state index contributed by atoms with van der Waals surface area (Å²) in [6.07, 6.45) is 1.45. The first-order chi connectivity index (χ1) is 7.92. The number of para-hydroxylation sites is 1. The highest BCUT2D eigenvalue weighted by Gasteiger charge is 2.19. The Morgan fingerprint density at radius 1 is 1.29 bits per heavy atom. The van der Waals surface area contributed by atoms with Gasteiger partial charge in [-0.05, 0) is 18.6 Å². The van der Waals surface area contributed by atoms with Crippen molar-refractivity contribution in [2.24, 2.45) is 0 Å². The highest BCUT2D eigenvalue weighted by Crippen LogP contribution is 2.09. The second-order valence-corrected chi connectivity index (χ2v) is 5.46. The predicted octanol–water partition coefficient (Wildman–Crippen LogP) is 0.953. The number of nitrogens with one attached hydrogen (secondary N) is 2. The average molecular weight is 256 g/mol. The summed E-state index contributed by atoms with van der Waals surface area (Å²) in [7, 11) is -3.51. The van der Waals surface area contributed by atoms with E-state index in [9.17, 15) is 13.2 Å².